The summed E-state index contributed by atoms with van der Waals surface area (Å²) in [5, 5.41) is 17.4. The van der Waals surface area contributed by atoms with E-state index in [1.165, 1.54) is 0 Å². The Hall–Kier alpha value is -3.67. The second kappa shape index (κ2) is 7.94. The maximum absolute atomic E-state index is 10.0. The average molecular weight is 346 g/mol. The second-order valence-corrected chi connectivity index (χ2v) is 5.39. The van der Waals surface area contributed by atoms with Gasteiger partial charge < -0.3 is 15.7 Å². The second-order valence-electron chi connectivity index (χ2n) is 5.39. The van der Waals surface area contributed by atoms with E-state index in [4.69, 9.17) is 10.6 Å². The van der Waals surface area contributed by atoms with Crippen LogP contribution in [0.15, 0.2) is 88.1 Å². The summed E-state index contributed by atoms with van der Waals surface area (Å²) in [5.74, 6) is 6.36. The predicted molar refractivity (Wildman–Crippen MR) is 102 cm³/mol. The van der Waals surface area contributed by atoms with Crippen LogP contribution in [0.1, 0.15) is 5.56 Å². The maximum Gasteiger partial charge on any atom is 0.184 e. The fraction of sp³-hybridized carbons (Fsp3) is 0.0500. The lowest BCUT2D eigenvalue weighted by Gasteiger charge is -2.12. The highest BCUT2D eigenvalue weighted by Gasteiger charge is 2.14. The van der Waals surface area contributed by atoms with Crippen LogP contribution in [0.2, 0.25) is 0 Å². The van der Waals surface area contributed by atoms with E-state index in [9.17, 15) is 5.11 Å². The lowest BCUT2D eigenvalue weighted by molar-refractivity contribution is 0.416. The Balaban J connectivity index is 2.20. The van der Waals surface area contributed by atoms with Gasteiger partial charge in [0, 0.05) is 11.1 Å². The van der Waals surface area contributed by atoms with Crippen molar-refractivity contribution in [2.75, 3.05) is 7.11 Å². The molecule has 3 N–H and O–H groups in total. The van der Waals surface area contributed by atoms with E-state index in [0.717, 1.165) is 22.4 Å². The summed E-state index contributed by atoms with van der Waals surface area (Å²) < 4.78 is 5.47. The smallest absolute Gasteiger partial charge is 0.184 e. The summed E-state index contributed by atoms with van der Waals surface area (Å²) in [6, 6.07) is 22.0. The number of benzene rings is 3. The van der Waals surface area contributed by atoms with E-state index in [0.29, 0.717) is 5.69 Å². The highest BCUT2D eigenvalue weighted by molar-refractivity contribution is 6.06. The first-order chi connectivity index (χ1) is 12.7. The summed E-state index contributed by atoms with van der Waals surface area (Å²) in [6.45, 7) is 0. The zero-order valence-electron chi connectivity index (χ0n) is 14.2. The molecule has 0 aliphatic rings. The minimum absolute atomic E-state index is 0.0481. The number of nitrogens with two attached hydrogens (primary N) is 1. The number of hydrogen-bond acceptors (Lipinski definition) is 4. The van der Waals surface area contributed by atoms with Gasteiger partial charge in [0.05, 0.1) is 7.11 Å². The lowest BCUT2D eigenvalue weighted by atomic mass is 9.98. The van der Waals surface area contributed by atoms with Gasteiger partial charge in [-0.25, -0.2) is 4.99 Å². The normalized spacial score (nSPS) is 11.7. The number of amidine groups is 1. The Morgan fingerprint density at radius 2 is 1.54 bits per heavy atom. The fourth-order valence-electron chi connectivity index (χ4n) is 2.64. The first-order valence-electron chi connectivity index (χ1n) is 7.95. The number of aliphatic imine (C=N–C) groups is 1. The molecule has 0 saturated heterocycles. The number of phenols is 1. The van der Waals surface area contributed by atoms with Gasteiger partial charge in [0.25, 0.3) is 0 Å². The summed E-state index contributed by atoms with van der Waals surface area (Å²) in [6.07, 6.45) is 0. The van der Waals surface area contributed by atoms with E-state index in [1.807, 2.05) is 48.5 Å². The van der Waals surface area contributed by atoms with Crippen molar-refractivity contribution in [3.05, 3.63) is 78.4 Å². The third-order valence-electron chi connectivity index (χ3n) is 3.83. The number of phenolic OH excluding ortho intramolecular Hbond substituents is 1. The molecule has 0 heterocycles. The van der Waals surface area contributed by atoms with Crippen LogP contribution in [0, 0.1) is 0 Å². The summed E-state index contributed by atoms with van der Waals surface area (Å²) in [4.78, 5) is 4.45. The van der Waals surface area contributed by atoms with Crippen LogP contribution in [0.3, 0.4) is 0 Å². The van der Waals surface area contributed by atoms with Gasteiger partial charge >= 0.3 is 0 Å². The van der Waals surface area contributed by atoms with Gasteiger partial charge in [-0.05, 0) is 23.8 Å². The Bertz CT molecular complexity index is 967. The standard InChI is InChI=1S/C20H18N4O2/c1-26-19-13-7-4-9-15(19)14-8-2-3-10-16(14)20(23-24-21)22-17-11-5-6-12-18(17)25/h2-13,25H,1H3,(H2,21,22,23). The number of para-hydroxylation sites is 3. The van der Waals surface area contributed by atoms with E-state index in [-0.39, 0.29) is 11.6 Å². The molecule has 3 rings (SSSR count). The Labute approximate surface area is 151 Å². The topological polar surface area (TPSA) is 92.6 Å². The molecule has 130 valence electrons. The number of hydrogen-bond donors (Lipinski definition) is 2. The van der Waals surface area contributed by atoms with E-state index in [1.54, 1.807) is 31.4 Å². The highest BCUT2D eigenvalue weighted by Crippen LogP contribution is 2.34. The average Bonchev–Trinajstić information content (AvgIpc) is 2.69. The first-order valence-corrected chi connectivity index (χ1v) is 7.95. The van der Waals surface area contributed by atoms with E-state index >= 15 is 0 Å². The summed E-state index contributed by atoms with van der Waals surface area (Å²) in [5.41, 5.74) is 2.86. The molecule has 0 amide bonds. The van der Waals surface area contributed by atoms with E-state index < -0.39 is 0 Å². The molecule has 26 heavy (non-hydrogen) atoms. The number of methoxy groups -OCH3 is 1. The lowest BCUT2D eigenvalue weighted by Crippen LogP contribution is -2.01. The fourth-order valence-corrected chi connectivity index (χ4v) is 2.64. The molecule has 0 aliphatic carbocycles. The molecule has 6 nitrogen and oxygen atoms in total. The van der Waals surface area contributed by atoms with Crippen molar-refractivity contribution in [3.8, 4) is 22.6 Å². The van der Waals surface area contributed by atoms with Crippen LogP contribution in [-0.4, -0.2) is 18.1 Å². The third-order valence-corrected chi connectivity index (χ3v) is 3.83. The molecule has 0 aromatic heterocycles. The van der Waals surface area contributed by atoms with Crippen LogP contribution in [0.25, 0.3) is 11.1 Å². The Kier molecular flexibility index (Phi) is 5.24. The molecule has 0 unspecified atom stereocenters. The Morgan fingerprint density at radius 1 is 0.885 bits per heavy atom. The number of aromatic hydroxyl groups is 1. The van der Waals surface area contributed by atoms with Gasteiger partial charge in [-0.3, -0.25) is 0 Å². The molecule has 3 aromatic rings. The van der Waals surface area contributed by atoms with Crippen LogP contribution in [-0.2, 0) is 0 Å². The zero-order chi connectivity index (χ0) is 18.4. The molecule has 6 heteroatoms. The predicted octanol–water partition coefficient (Wildman–Crippen LogP) is 4.47. The molecule has 0 atom stereocenters. The quantitative estimate of drug-likeness (QED) is 0.240. The highest BCUT2D eigenvalue weighted by atomic mass is 16.5. The summed E-state index contributed by atoms with van der Waals surface area (Å²) in [7, 11) is 1.62. The van der Waals surface area contributed by atoms with Gasteiger partial charge in [-0.2, -0.15) is 0 Å². The maximum atomic E-state index is 10.0. The van der Waals surface area contributed by atoms with Crippen molar-refractivity contribution >= 4 is 11.5 Å². The molecular weight excluding hydrogens is 328 g/mol. The van der Waals surface area contributed by atoms with Crippen molar-refractivity contribution in [2.45, 2.75) is 0 Å². The summed E-state index contributed by atoms with van der Waals surface area (Å²) >= 11 is 0. The minimum Gasteiger partial charge on any atom is -0.506 e. The molecule has 0 spiro atoms. The van der Waals surface area contributed by atoms with Crippen molar-refractivity contribution in [3.63, 3.8) is 0 Å². The molecular formula is C20H18N4O2. The van der Waals surface area contributed by atoms with E-state index in [2.05, 4.69) is 15.3 Å². The molecule has 0 bridgehead atoms. The van der Waals surface area contributed by atoms with Crippen molar-refractivity contribution in [1.82, 2.24) is 0 Å². The zero-order valence-corrected chi connectivity index (χ0v) is 14.2. The van der Waals surface area contributed by atoms with Crippen LogP contribution in [0.5, 0.6) is 11.5 Å². The first kappa shape index (κ1) is 17.2. The van der Waals surface area contributed by atoms with Gasteiger partial charge in [-0.15, -0.1) is 5.11 Å². The van der Waals surface area contributed by atoms with Gasteiger partial charge in [0.1, 0.15) is 17.2 Å². The third kappa shape index (κ3) is 3.54. The monoisotopic (exact) mass is 346 g/mol. The van der Waals surface area contributed by atoms with Crippen LogP contribution < -0.4 is 10.6 Å². The van der Waals surface area contributed by atoms with Crippen molar-refractivity contribution < 1.29 is 9.84 Å². The molecule has 0 saturated carbocycles. The van der Waals surface area contributed by atoms with Crippen LogP contribution >= 0.6 is 0 Å². The molecule has 0 radical (unpaired) electrons. The van der Waals surface area contributed by atoms with Gasteiger partial charge in [-0.1, -0.05) is 59.8 Å². The van der Waals surface area contributed by atoms with Crippen molar-refractivity contribution in [1.29, 1.82) is 0 Å². The molecule has 0 fully saturated rings. The Morgan fingerprint density at radius 3 is 2.27 bits per heavy atom. The van der Waals surface area contributed by atoms with Gasteiger partial charge in [0.2, 0.25) is 0 Å². The number of nitrogens with zero attached hydrogens (tertiary/aromatic N) is 3. The van der Waals surface area contributed by atoms with Crippen LogP contribution in [0.4, 0.5) is 5.69 Å². The van der Waals surface area contributed by atoms with Gasteiger partial charge in [0.15, 0.2) is 5.84 Å². The molecule has 0 aliphatic heterocycles. The van der Waals surface area contributed by atoms with Crippen molar-refractivity contribution in [2.24, 2.45) is 21.2 Å². The molecule has 3 aromatic carbocycles. The largest absolute Gasteiger partial charge is 0.506 e. The number of ether oxygens (including phenoxy) is 1. The SMILES string of the molecule is COc1ccccc1-c1ccccc1C(N=NN)=Nc1ccccc1O. The number of rotatable bonds is 4. The minimum atomic E-state index is 0.0481.